The van der Waals surface area contributed by atoms with Crippen LogP contribution in [0.3, 0.4) is 0 Å². The molecule has 0 atom stereocenters. The van der Waals surface area contributed by atoms with Crippen LogP contribution < -0.4 is 19.9 Å². The third kappa shape index (κ3) is 4.63. The third-order valence-electron chi connectivity index (χ3n) is 2.95. The molecule has 0 spiro atoms. The van der Waals surface area contributed by atoms with Crippen molar-refractivity contribution in [3.05, 3.63) is 17.7 Å². The fourth-order valence-electron chi connectivity index (χ4n) is 1.91. The molecule has 0 aromatic heterocycles. The zero-order chi connectivity index (χ0) is 14.1. The van der Waals surface area contributed by atoms with Gasteiger partial charge in [0, 0.05) is 0 Å². The number of benzene rings is 1. The number of ether oxygens (including phenoxy) is 3. The van der Waals surface area contributed by atoms with Gasteiger partial charge in [-0.15, -0.1) is 0 Å². The number of nitrogens with two attached hydrogens (primary N) is 1. The summed E-state index contributed by atoms with van der Waals surface area (Å²) < 4.78 is 16.6. The van der Waals surface area contributed by atoms with Crippen LogP contribution in [-0.2, 0) is 6.42 Å². The highest BCUT2D eigenvalue weighted by Crippen LogP contribution is 2.38. The molecule has 19 heavy (non-hydrogen) atoms. The van der Waals surface area contributed by atoms with Crippen LogP contribution in [0.15, 0.2) is 12.1 Å². The van der Waals surface area contributed by atoms with Crippen LogP contribution >= 0.6 is 0 Å². The van der Waals surface area contributed by atoms with Gasteiger partial charge in [-0.3, -0.25) is 0 Å². The number of rotatable bonds is 9. The van der Waals surface area contributed by atoms with E-state index in [1.807, 2.05) is 12.1 Å². The Balaban J connectivity index is 2.86. The maximum atomic E-state index is 5.80. The van der Waals surface area contributed by atoms with Crippen molar-refractivity contribution in [3.63, 3.8) is 0 Å². The monoisotopic (exact) mass is 267 g/mol. The predicted molar refractivity (Wildman–Crippen MR) is 77.3 cm³/mol. The molecule has 4 nitrogen and oxygen atoms in total. The van der Waals surface area contributed by atoms with Gasteiger partial charge in [-0.1, -0.05) is 19.8 Å². The minimum Gasteiger partial charge on any atom is -0.493 e. The number of unbranched alkanes of at least 4 members (excludes halogenated alkanes) is 2. The molecule has 0 aliphatic carbocycles. The van der Waals surface area contributed by atoms with E-state index in [1.54, 1.807) is 14.2 Å². The number of hydrogen-bond acceptors (Lipinski definition) is 4. The second-order valence-electron chi connectivity index (χ2n) is 4.42. The van der Waals surface area contributed by atoms with E-state index in [1.165, 1.54) is 6.42 Å². The Morgan fingerprint density at radius 3 is 2.16 bits per heavy atom. The minimum atomic E-state index is 0.600. The Bertz CT molecular complexity index is 355. The van der Waals surface area contributed by atoms with Gasteiger partial charge in [0.05, 0.1) is 20.8 Å². The molecule has 0 fully saturated rings. The lowest BCUT2D eigenvalue weighted by Gasteiger charge is -2.16. The number of methoxy groups -OCH3 is 2. The first-order valence-electron chi connectivity index (χ1n) is 6.84. The molecular weight excluding hydrogens is 242 g/mol. The molecule has 1 aromatic carbocycles. The van der Waals surface area contributed by atoms with E-state index in [4.69, 9.17) is 19.9 Å². The standard InChI is InChI=1S/C15H25NO3/c1-4-5-6-9-19-15-13(17-2)10-12(7-8-16)11-14(15)18-3/h10-11H,4-9,16H2,1-3H3. The molecule has 0 aliphatic heterocycles. The quantitative estimate of drug-likeness (QED) is 0.699. The Kier molecular flexibility index (Phi) is 7.11. The first-order valence-corrected chi connectivity index (χ1v) is 6.84. The van der Waals surface area contributed by atoms with Crippen molar-refractivity contribution in [3.8, 4) is 17.2 Å². The highest BCUT2D eigenvalue weighted by atomic mass is 16.5. The molecule has 0 amide bonds. The number of hydrogen-bond donors (Lipinski definition) is 1. The Labute approximate surface area is 115 Å². The molecule has 4 heteroatoms. The summed E-state index contributed by atoms with van der Waals surface area (Å²) in [7, 11) is 3.28. The molecule has 0 radical (unpaired) electrons. The van der Waals surface area contributed by atoms with E-state index in [2.05, 4.69) is 6.92 Å². The van der Waals surface area contributed by atoms with Gasteiger partial charge in [0.2, 0.25) is 5.75 Å². The minimum absolute atomic E-state index is 0.600. The Morgan fingerprint density at radius 2 is 1.68 bits per heavy atom. The van der Waals surface area contributed by atoms with Gasteiger partial charge >= 0.3 is 0 Å². The molecular formula is C15H25NO3. The average molecular weight is 267 g/mol. The summed E-state index contributed by atoms with van der Waals surface area (Å²) in [5, 5.41) is 0. The zero-order valence-electron chi connectivity index (χ0n) is 12.2. The van der Waals surface area contributed by atoms with Gasteiger partial charge in [0.1, 0.15) is 0 Å². The second-order valence-corrected chi connectivity index (χ2v) is 4.42. The van der Waals surface area contributed by atoms with E-state index < -0.39 is 0 Å². The van der Waals surface area contributed by atoms with Crippen LogP contribution in [0.1, 0.15) is 31.7 Å². The molecule has 2 N–H and O–H groups in total. The van der Waals surface area contributed by atoms with Crippen molar-refractivity contribution in [2.45, 2.75) is 32.6 Å². The van der Waals surface area contributed by atoms with Crippen molar-refractivity contribution in [1.29, 1.82) is 0 Å². The molecule has 108 valence electrons. The largest absolute Gasteiger partial charge is 0.493 e. The first-order chi connectivity index (χ1) is 9.26. The van der Waals surface area contributed by atoms with Crippen LogP contribution in [0.25, 0.3) is 0 Å². The summed E-state index contributed by atoms with van der Waals surface area (Å²) in [5.74, 6) is 2.10. The van der Waals surface area contributed by atoms with Crippen molar-refractivity contribution in [2.24, 2.45) is 5.73 Å². The maximum Gasteiger partial charge on any atom is 0.203 e. The third-order valence-corrected chi connectivity index (χ3v) is 2.95. The van der Waals surface area contributed by atoms with E-state index in [9.17, 15) is 0 Å². The van der Waals surface area contributed by atoms with Gasteiger partial charge in [0.15, 0.2) is 11.5 Å². The van der Waals surface area contributed by atoms with Gasteiger partial charge in [-0.05, 0) is 37.1 Å². The van der Waals surface area contributed by atoms with Crippen LogP contribution in [0, 0.1) is 0 Å². The normalized spacial score (nSPS) is 10.3. The van der Waals surface area contributed by atoms with Crippen LogP contribution in [-0.4, -0.2) is 27.4 Å². The molecule has 1 rings (SSSR count). The van der Waals surface area contributed by atoms with E-state index in [-0.39, 0.29) is 0 Å². The summed E-state index contributed by atoms with van der Waals surface area (Å²) in [6, 6.07) is 3.93. The average Bonchev–Trinajstić information content (AvgIpc) is 2.44. The van der Waals surface area contributed by atoms with Gasteiger partial charge in [-0.25, -0.2) is 0 Å². The van der Waals surface area contributed by atoms with Crippen molar-refractivity contribution < 1.29 is 14.2 Å². The molecule has 0 saturated heterocycles. The SMILES string of the molecule is CCCCCOc1c(OC)cc(CCN)cc1OC. The highest BCUT2D eigenvalue weighted by molar-refractivity contribution is 5.53. The molecule has 0 aliphatic rings. The van der Waals surface area contributed by atoms with Crippen molar-refractivity contribution >= 4 is 0 Å². The summed E-state index contributed by atoms with van der Waals surface area (Å²) in [6.45, 7) is 3.45. The molecule has 0 heterocycles. The Hall–Kier alpha value is -1.42. The van der Waals surface area contributed by atoms with E-state index in [0.29, 0.717) is 30.4 Å². The second kappa shape index (κ2) is 8.64. The first kappa shape index (κ1) is 15.6. The fourth-order valence-corrected chi connectivity index (χ4v) is 1.91. The Morgan fingerprint density at radius 1 is 1.05 bits per heavy atom. The summed E-state index contributed by atoms with van der Waals surface area (Å²) >= 11 is 0. The van der Waals surface area contributed by atoms with Crippen molar-refractivity contribution in [1.82, 2.24) is 0 Å². The smallest absolute Gasteiger partial charge is 0.203 e. The molecule has 0 unspecified atom stereocenters. The van der Waals surface area contributed by atoms with Gasteiger partial charge in [0.25, 0.3) is 0 Å². The van der Waals surface area contributed by atoms with E-state index >= 15 is 0 Å². The molecule has 1 aromatic rings. The van der Waals surface area contributed by atoms with Crippen LogP contribution in [0.4, 0.5) is 0 Å². The lowest BCUT2D eigenvalue weighted by molar-refractivity contribution is 0.268. The molecule has 0 saturated carbocycles. The fraction of sp³-hybridized carbons (Fsp3) is 0.600. The zero-order valence-corrected chi connectivity index (χ0v) is 12.2. The van der Waals surface area contributed by atoms with E-state index in [0.717, 1.165) is 24.8 Å². The van der Waals surface area contributed by atoms with Crippen LogP contribution in [0.2, 0.25) is 0 Å². The van der Waals surface area contributed by atoms with Gasteiger partial charge < -0.3 is 19.9 Å². The highest BCUT2D eigenvalue weighted by Gasteiger charge is 2.13. The van der Waals surface area contributed by atoms with Crippen molar-refractivity contribution in [2.75, 3.05) is 27.4 Å². The predicted octanol–water partition coefficient (Wildman–Crippen LogP) is 2.77. The lowest BCUT2D eigenvalue weighted by Crippen LogP contribution is -2.05. The molecule has 0 bridgehead atoms. The summed E-state index contributed by atoms with van der Waals surface area (Å²) in [6.07, 6.45) is 4.17. The topological polar surface area (TPSA) is 53.7 Å². The van der Waals surface area contributed by atoms with Crippen LogP contribution in [0.5, 0.6) is 17.2 Å². The summed E-state index contributed by atoms with van der Waals surface area (Å²) in [4.78, 5) is 0. The maximum absolute atomic E-state index is 5.80. The summed E-state index contributed by atoms with van der Waals surface area (Å²) in [5.41, 5.74) is 6.68. The lowest BCUT2D eigenvalue weighted by atomic mass is 10.1. The van der Waals surface area contributed by atoms with Gasteiger partial charge in [-0.2, -0.15) is 0 Å².